The van der Waals surface area contributed by atoms with E-state index in [0.29, 0.717) is 19.5 Å². The second-order valence-corrected chi connectivity index (χ2v) is 7.85. The van der Waals surface area contributed by atoms with Crippen LogP contribution in [0.15, 0.2) is 36.4 Å². The van der Waals surface area contributed by atoms with Gasteiger partial charge in [-0.1, -0.05) is 37.1 Å². The molecule has 144 valence electrons. The van der Waals surface area contributed by atoms with Gasteiger partial charge < -0.3 is 4.74 Å². The van der Waals surface area contributed by atoms with Gasteiger partial charge in [-0.15, -0.1) is 0 Å². The molecule has 2 aliphatic heterocycles. The van der Waals surface area contributed by atoms with Gasteiger partial charge in [0.1, 0.15) is 5.75 Å². The van der Waals surface area contributed by atoms with Gasteiger partial charge in [-0.3, -0.25) is 19.4 Å². The van der Waals surface area contributed by atoms with Crippen LogP contribution in [0.4, 0.5) is 0 Å². The number of likely N-dealkylation sites (tertiary alicyclic amines) is 2. The highest BCUT2D eigenvalue weighted by Crippen LogP contribution is 2.37. The minimum Gasteiger partial charge on any atom is -0.497 e. The molecule has 0 bridgehead atoms. The van der Waals surface area contributed by atoms with E-state index in [9.17, 15) is 9.59 Å². The van der Waals surface area contributed by atoms with Gasteiger partial charge in [0.05, 0.1) is 25.6 Å². The summed E-state index contributed by atoms with van der Waals surface area (Å²) in [4.78, 5) is 29.6. The molecule has 0 spiro atoms. The SMILES string of the molecule is COc1ccc([C@@H]2CCCCCN2CN2C(=O)[C@H]3CC=CC[C@@H]3C2=O)cc1. The van der Waals surface area contributed by atoms with Crippen molar-refractivity contribution >= 4 is 11.8 Å². The Labute approximate surface area is 161 Å². The topological polar surface area (TPSA) is 49.9 Å². The van der Waals surface area contributed by atoms with Gasteiger partial charge in [-0.25, -0.2) is 0 Å². The molecule has 1 aliphatic carbocycles. The first kappa shape index (κ1) is 18.2. The summed E-state index contributed by atoms with van der Waals surface area (Å²) >= 11 is 0. The van der Waals surface area contributed by atoms with E-state index in [1.54, 1.807) is 7.11 Å². The molecule has 2 fully saturated rings. The highest BCUT2D eigenvalue weighted by molar-refractivity contribution is 6.05. The highest BCUT2D eigenvalue weighted by Gasteiger charge is 2.47. The van der Waals surface area contributed by atoms with Crippen LogP contribution in [-0.2, 0) is 9.59 Å². The number of allylic oxidation sites excluding steroid dienone is 2. The van der Waals surface area contributed by atoms with Crippen molar-refractivity contribution in [1.29, 1.82) is 0 Å². The van der Waals surface area contributed by atoms with Crippen LogP contribution in [0.3, 0.4) is 0 Å². The van der Waals surface area contributed by atoms with Crippen molar-refractivity contribution in [2.45, 2.75) is 44.6 Å². The molecular formula is C22H28N2O3. The molecule has 3 aliphatic rings. The standard InChI is InChI=1S/C22H28N2O3/c1-27-17-12-10-16(11-13-17)20-9-3-2-6-14-23(20)15-24-21(25)18-7-4-5-8-19(18)22(24)26/h4-5,10-13,18-20H,2-3,6-9,14-15H2,1H3/t18-,19-,20-/m0/s1. The smallest absolute Gasteiger partial charge is 0.234 e. The van der Waals surface area contributed by atoms with Gasteiger partial charge >= 0.3 is 0 Å². The van der Waals surface area contributed by atoms with Crippen molar-refractivity contribution in [3.8, 4) is 5.75 Å². The first-order valence-electron chi connectivity index (χ1n) is 10.1. The number of rotatable bonds is 4. The number of carbonyl (C=O) groups excluding carboxylic acids is 2. The molecule has 0 N–H and O–H groups in total. The number of fused-ring (bicyclic) bond motifs is 1. The number of imide groups is 1. The van der Waals surface area contributed by atoms with E-state index in [2.05, 4.69) is 17.0 Å². The normalized spacial score (nSPS) is 28.9. The Morgan fingerprint density at radius 2 is 1.63 bits per heavy atom. The summed E-state index contributed by atoms with van der Waals surface area (Å²) in [5.74, 6) is 0.599. The lowest BCUT2D eigenvalue weighted by Gasteiger charge is -2.33. The molecule has 1 aromatic rings. The van der Waals surface area contributed by atoms with Crippen molar-refractivity contribution in [2.24, 2.45) is 11.8 Å². The van der Waals surface area contributed by atoms with E-state index in [1.165, 1.54) is 23.3 Å². The van der Waals surface area contributed by atoms with E-state index >= 15 is 0 Å². The molecule has 0 aromatic heterocycles. The third kappa shape index (κ3) is 3.53. The summed E-state index contributed by atoms with van der Waals surface area (Å²) in [6.45, 7) is 1.34. The quantitative estimate of drug-likeness (QED) is 0.603. The molecule has 0 saturated carbocycles. The Morgan fingerprint density at radius 1 is 0.963 bits per heavy atom. The van der Waals surface area contributed by atoms with Gasteiger partial charge in [0.2, 0.25) is 11.8 Å². The summed E-state index contributed by atoms with van der Waals surface area (Å²) in [6, 6.07) is 8.44. The van der Waals surface area contributed by atoms with Gasteiger partial charge in [-0.05, 0) is 43.4 Å². The molecule has 0 radical (unpaired) electrons. The maximum absolute atomic E-state index is 12.9. The zero-order valence-electron chi connectivity index (χ0n) is 16.0. The van der Waals surface area contributed by atoms with E-state index in [1.807, 2.05) is 24.3 Å². The Balaban J connectivity index is 1.54. The number of benzene rings is 1. The van der Waals surface area contributed by atoms with Crippen LogP contribution in [-0.4, -0.2) is 41.9 Å². The predicted molar refractivity (Wildman–Crippen MR) is 103 cm³/mol. The van der Waals surface area contributed by atoms with Crippen LogP contribution in [0.25, 0.3) is 0 Å². The number of ether oxygens (including phenoxy) is 1. The Kier molecular flexibility index (Phi) is 5.30. The third-order valence-corrected chi connectivity index (χ3v) is 6.29. The van der Waals surface area contributed by atoms with E-state index in [0.717, 1.165) is 25.1 Å². The number of hydrogen-bond acceptors (Lipinski definition) is 4. The Bertz CT molecular complexity index is 702. The highest BCUT2D eigenvalue weighted by atomic mass is 16.5. The Morgan fingerprint density at radius 3 is 2.26 bits per heavy atom. The zero-order chi connectivity index (χ0) is 18.8. The van der Waals surface area contributed by atoms with Gasteiger partial charge in [0.15, 0.2) is 0 Å². The van der Waals surface area contributed by atoms with Crippen molar-refractivity contribution < 1.29 is 14.3 Å². The predicted octanol–water partition coefficient (Wildman–Crippen LogP) is 3.52. The first-order valence-corrected chi connectivity index (χ1v) is 10.1. The third-order valence-electron chi connectivity index (χ3n) is 6.29. The molecule has 5 nitrogen and oxygen atoms in total. The summed E-state index contributed by atoms with van der Waals surface area (Å²) < 4.78 is 5.28. The zero-order valence-corrected chi connectivity index (χ0v) is 16.0. The lowest BCUT2D eigenvalue weighted by molar-refractivity contribution is -0.143. The number of nitrogens with zero attached hydrogens (tertiary/aromatic N) is 2. The molecule has 3 atom stereocenters. The second kappa shape index (κ2) is 7.85. The van der Waals surface area contributed by atoms with Crippen molar-refractivity contribution in [2.75, 3.05) is 20.3 Å². The average molecular weight is 368 g/mol. The maximum Gasteiger partial charge on any atom is 0.234 e. The molecule has 2 heterocycles. The molecule has 1 aromatic carbocycles. The lowest BCUT2D eigenvalue weighted by Crippen LogP contribution is -2.43. The summed E-state index contributed by atoms with van der Waals surface area (Å²) in [5, 5.41) is 0. The van der Waals surface area contributed by atoms with Crippen molar-refractivity contribution in [1.82, 2.24) is 9.80 Å². The fourth-order valence-corrected chi connectivity index (χ4v) is 4.73. The molecule has 27 heavy (non-hydrogen) atoms. The van der Waals surface area contributed by atoms with Gasteiger partial charge in [0.25, 0.3) is 0 Å². The van der Waals surface area contributed by atoms with Crippen LogP contribution in [0.2, 0.25) is 0 Å². The van der Waals surface area contributed by atoms with Crippen LogP contribution >= 0.6 is 0 Å². The van der Waals surface area contributed by atoms with Crippen LogP contribution in [0.1, 0.15) is 50.1 Å². The largest absolute Gasteiger partial charge is 0.497 e. The fourth-order valence-electron chi connectivity index (χ4n) is 4.73. The van der Waals surface area contributed by atoms with Crippen LogP contribution < -0.4 is 4.74 Å². The summed E-state index contributed by atoms with van der Waals surface area (Å²) in [7, 11) is 1.67. The number of methoxy groups -OCH3 is 1. The first-order chi connectivity index (χ1) is 13.2. The average Bonchev–Trinajstić information content (AvgIpc) is 2.86. The minimum absolute atomic E-state index is 0.0204. The minimum atomic E-state index is -0.145. The molecule has 2 amide bonds. The maximum atomic E-state index is 12.9. The van der Waals surface area contributed by atoms with Crippen molar-refractivity contribution in [3.05, 3.63) is 42.0 Å². The molecule has 5 heteroatoms. The van der Waals surface area contributed by atoms with Gasteiger partial charge in [0, 0.05) is 12.6 Å². The monoisotopic (exact) mass is 368 g/mol. The van der Waals surface area contributed by atoms with Crippen molar-refractivity contribution in [3.63, 3.8) is 0 Å². The number of hydrogen-bond donors (Lipinski definition) is 0. The second-order valence-electron chi connectivity index (χ2n) is 7.85. The molecule has 0 unspecified atom stereocenters. The molecule has 4 rings (SSSR count). The number of amides is 2. The molecular weight excluding hydrogens is 340 g/mol. The van der Waals surface area contributed by atoms with E-state index < -0.39 is 0 Å². The van der Waals surface area contributed by atoms with Crippen LogP contribution in [0, 0.1) is 11.8 Å². The van der Waals surface area contributed by atoms with E-state index in [-0.39, 0.29) is 29.7 Å². The van der Waals surface area contributed by atoms with E-state index in [4.69, 9.17) is 4.74 Å². The fraction of sp³-hybridized carbons (Fsp3) is 0.545. The lowest BCUT2D eigenvalue weighted by atomic mass is 9.85. The summed E-state index contributed by atoms with van der Waals surface area (Å²) in [5.41, 5.74) is 1.23. The van der Waals surface area contributed by atoms with Gasteiger partial charge in [-0.2, -0.15) is 0 Å². The van der Waals surface area contributed by atoms with Crippen LogP contribution in [0.5, 0.6) is 5.75 Å². The number of carbonyl (C=O) groups is 2. The molecule has 2 saturated heterocycles. The Hall–Kier alpha value is -2.14. The summed E-state index contributed by atoms with van der Waals surface area (Å²) in [6.07, 6.45) is 10.0.